The number of nitrogens with zero attached hydrogens (tertiary/aromatic N) is 1. The number of benzene rings is 1. The van der Waals surface area contributed by atoms with E-state index < -0.39 is 12.1 Å². The Balaban J connectivity index is 2.20. The lowest BCUT2D eigenvalue weighted by Gasteiger charge is -2.35. The molecule has 1 heterocycles. The number of ether oxygens (including phenoxy) is 1. The Morgan fingerprint density at radius 3 is 2.59 bits per heavy atom. The van der Waals surface area contributed by atoms with Crippen molar-refractivity contribution in [2.75, 3.05) is 20.1 Å². The molecule has 22 heavy (non-hydrogen) atoms. The van der Waals surface area contributed by atoms with Gasteiger partial charge < -0.3 is 20.1 Å². The van der Waals surface area contributed by atoms with Crippen molar-refractivity contribution in [3.05, 3.63) is 35.4 Å². The molecule has 7 nitrogen and oxygen atoms in total. The summed E-state index contributed by atoms with van der Waals surface area (Å²) in [6, 6.07) is 6.33. The molecule has 1 aliphatic rings. The molecule has 1 saturated heterocycles. The van der Waals surface area contributed by atoms with Gasteiger partial charge in [-0.15, -0.1) is 0 Å². The Hall–Kier alpha value is -2.41. The van der Waals surface area contributed by atoms with Gasteiger partial charge >= 0.3 is 5.97 Å². The highest BCUT2D eigenvalue weighted by Crippen LogP contribution is 2.16. The molecular formula is C15H18N2O5. The van der Waals surface area contributed by atoms with Crippen LogP contribution in [-0.2, 0) is 9.53 Å². The van der Waals surface area contributed by atoms with Crippen LogP contribution in [0.25, 0.3) is 0 Å². The van der Waals surface area contributed by atoms with Gasteiger partial charge in [-0.3, -0.25) is 9.59 Å². The van der Waals surface area contributed by atoms with E-state index in [2.05, 4.69) is 5.32 Å². The van der Waals surface area contributed by atoms with Crippen LogP contribution in [0.5, 0.6) is 0 Å². The van der Waals surface area contributed by atoms with Crippen molar-refractivity contribution in [2.45, 2.75) is 19.1 Å². The Labute approximate surface area is 127 Å². The largest absolute Gasteiger partial charge is 0.479 e. The van der Waals surface area contributed by atoms with Gasteiger partial charge in [0.1, 0.15) is 0 Å². The smallest absolute Gasteiger partial charge is 0.334 e. The molecule has 118 valence electrons. The van der Waals surface area contributed by atoms with E-state index in [1.165, 1.54) is 18.0 Å². The van der Waals surface area contributed by atoms with Gasteiger partial charge in [0.25, 0.3) is 11.8 Å². The fourth-order valence-corrected chi connectivity index (χ4v) is 2.37. The summed E-state index contributed by atoms with van der Waals surface area (Å²) in [5.41, 5.74) is 0.726. The monoisotopic (exact) mass is 306 g/mol. The zero-order valence-corrected chi connectivity index (χ0v) is 12.4. The molecule has 0 saturated carbocycles. The normalized spacial score (nSPS) is 21.3. The molecule has 1 aromatic carbocycles. The van der Waals surface area contributed by atoms with Crippen molar-refractivity contribution < 1.29 is 24.2 Å². The van der Waals surface area contributed by atoms with Crippen LogP contribution in [-0.4, -0.2) is 60.1 Å². The molecule has 0 bridgehead atoms. The van der Waals surface area contributed by atoms with E-state index in [-0.39, 0.29) is 24.5 Å². The number of hydrogen-bond donors (Lipinski definition) is 2. The number of amides is 2. The van der Waals surface area contributed by atoms with E-state index in [0.717, 1.165) is 0 Å². The molecular weight excluding hydrogens is 288 g/mol. The lowest BCUT2D eigenvalue weighted by atomic mass is 10.1. The SMILES string of the molecule is CNC(=O)c1cccc(C(=O)N2CC(C(=O)O)O[C@H](C)C2)c1. The Bertz CT molecular complexity index is 601. The van der Waals surface area contributed by atoms with Crippen LogP contribution in [0.3, 0.4) is 0 Å². The highest BCUT2D eigenvalue weighted by Gasteiger charge is 2.33. The van der Waals surface area contributed by atoms with E-state index in [1.807, 2.05) is 0 Å². The number of hydrogen-bond acceptors (Lipinski definition) is 4. The van der Waals surface area contributed by atoms with Crippen LogP contribution >= 0.6 is 0 Å². The Morgan fingerprint density at radius 1 is 1.27 bits per heavy atom. The predicted octanol–water partition coefficient (Wildman–Crippen LogP) is 0.360. The van der Waals surface area contributed by atoms with Gasteiger partial charge in [0.2, 0.25) is 0 Å². The molecule has 1 fully saturated rings. The molecule has 1 aromatic rings. The average Bonchev–Trinajstić information content (AvgIpc) is 2.52. The maximum atomic E-state index is 12.5. The first-order valence-corrected chi connectivity index (χ1v) is 6.92. The second-order valence-electron chi connectivity index (χ2n) is 5.14. The van der Waals surface area contributed by atoms with E-state index in [4.69, 9.17) is 9.84 Å². The third-order valence-electron chi connectivity index (χ3n) is 3.42. The number of carboxylic acid groups (broad SMARTS) is 1. The van der Waals surface area contributed by atoms with E-state index in [9.17, 15) is 14.4 Å². The van der Waals surface area contributed by atoms with Gasteiger partial charge in [0, 0.05) is 24.7 Å². The van der Waals surface area contributed by atoms with E-state index >= 15 is 0 Å². The van der Waals surface area contributed by atoms with Crippen molar-refractivity contribution in [2.24, 2.45) is 0 Å². The van der Waals surface area contributed by atoms with Crippen LogP contribution < -0.4 is 5.32 Å². The average molecular weight is 306 g/mol. The summed E-state index contributed by atoms with van der Waals surface area (Å²) in [6.07, 6.45) is -1.39. The van der Waals surface area contributed by atoms with Gasteiger partial charge in [-0.2, -0.15) is 0 Å². The van der Waals surface area contributed by atoms with Crippen LogP contribution in [0.4, 0.5) is 0 Å². The first-order chi connectivity index (χ1) is 10.4. The summed E-state index contributed by atoms with van der Waals surface area (Å²) in [6.45, 7) is 2.02. The summed E-state index contributed by atoms with van der Waals surface area (Å²) in [5.74, 6) is -1.69. The molecule has 1 unspecified atom stereocenters. The van der Waals surface area contributed by atoms with Crippen molar-refractivity contribution in [3.8, 4) is 0 Å². The Morgan fingerprint density at radius 2 is 1.95 bits per heavy atom. The first-order valence-electron chi connectivity index (χ1n) is 6.92. The minimum Gasteiger partial charge on any atom is -0.479 e. The number of aliphatic carboxylic acids is 1. The van der Waals surface area contributed by atoms with Gasteiger partial charge in [-0.25, -0.2) is 4.79 Å². The Kier molecular flexibility index (Phi) is 4.77. The summed E-state index contributed by atoms with van der Waals surface area (Å²) < 4.78 is 5.29. The number of carboxylic acids is 1. The minimum absolute atomic E-state index is 0.0112. The molecule has 0 aromatic heterocycles. The standard InChI is InChI=1S/C15H18N2O5/c1-9-7-17(8-12(22-9)15(20)21)14(19)11-5-3-4-10(6-11)13(18)16-2/h3-6,9,12H,7-8H2,1-2H3,(H,16,18)(H,20,21)/t9-,12?/m1/s1. The summed E-state index contributed by atoms with van der Waals surface area (Å²) in [4.78, 5) is 36.7. The number of carbonyl (C=O) groups excluding carboxylic acids is 2. The molecule has 2 rings (SSSR count). The number of morpholine rings is 1. The summed E-state index contributed by atoms with van der Waals surface area (Å²) in [5, 5.41) is 11.6. The quantitative estimate of drug-likeness (QED) is 0.840. The number of nitrogens with one attached hydrogen (secondary N) is 1. The topological polar surface area (TPSA) is 95.9 Å². The third-order valence-corrected chi connectivity index (χ3v) is 3.42. The van der Waals surface area contributed by atoms with Crippen LogP contribution in [0.15, 0.2) is 24.3 Å². The molecule has 2 N–H and O–H groups in total. The van der Waals surface area contributed by atoms with E-state index in [0.29, 0.717) is 17.7 Å². The van der Waals surface area contributed by atoms with E-state index in [1.54, 1.807) is 25.1 Å². The van der Waals surface area contributed by atoms with Crippen LogP contribution in [0, 0.1) is 0 Å². The predicted molar refractivity (Wildman–Crippen MR) is 77.7 cm³/mol. The maximum absolute atomic E-state index is 12.5. The maximum Gasteiger partial charge on any atom is 0.334 e. The van der Waals surface area contributed by atoms with Crippen molar-refractivity contribution >= 4 is 17.8 Å². The van der Waals surface area contributed by atoms with Crippen molar-refractivity contribution in [1.29, 1.82) is 0 Å². The lowest BCUT2D eigenvalue weighted by molar-refractivity contribution is -0.160. The summed E-state index contributed by atoms with van der Waals surface area (Å²) in [7, 11) is 1.51. The van der Waals surface area contributed by atoms with Crippen LogP contribution in [0.2, 0.25) is 0 Å². The fourth-order valence-electron chi connectivity index (χ4n) is 2.37. The minimum atomic E-state index is -1.09. The van der Waals surface area contributed by atoms with Gasteiger partial charge in [-0.1, -0.05) is 6.07 Å². The highest BCUT2D eigenvalue weighted by atomic mass is 16.5. The number of carbonyl (C=O) groups is 3. The third kappa shape index (κ3) is 3.43. The summed E-state index contributed by atoms with van der Waals surface area (Å²) >= 11 is 0. The fraction of sp³-hybridized carbons (Fsp3) is 0.400. The highest BCUT2D eigenvalue weighted by molar-refractivity contribution is 5.99. The van der Waals surface area contributed by atoms with Crippen LogP contribution in [0.1, 0.15) is 27.6 Å². The molecule has 7 heteroatoms. The van der Waals surface area contributed by atoms with Gasteiger partial charge in [0.15, 0.2) is 6.10 Å². The zero-order valence-electron chi connectivity index (χ0n) is 12.4. The van der Waals surface area contributed by atoms with Crippen molar-refractivity contribution in [3.63, 3.8) is 0 Å². The first kappa shape index (κ1) is 16.0. The van der Waals surface area contributed by atoms with Crippen molar-refractivity contribution in [1.82, 2.24) is 10.2 Å². The zero-order chi connectivity index (χ0) is 16.3. The molecule has 2 amide bonds. The van der Waals surface area contributed by atoms with Gasteiger partial charge in [-0.05, 0) is 25.1 Å². The second kappa shape index (κ2) is 6.57. The second-order valence-corrected chi connectivity index (χ2v) is 5.14. The molecule has 0 spiro atoms. The molecule has 0 aliphatic carbocycles. The van der Waals surface area contributed by atoms with Gasteiger partial charge in [0.05, 0.1) is 12.6 Å². The lowest BCUT2D eigenvalue weighted by Crippen LogP contribution is -2.51. The molecule has 0 radical (unpaired) electrons. The molecule has 2 atom stereocenters. The molecule has 1 aliphatic heterocycles. The number of rotatable bonds is 3.